The standard InChI is InChI=1S/C27H40NO2/c1-2-3-4-5-6-7-8-9-10-11-12-13-14-15-16-23-27(29)30-28-24-19-21-25-20-17-18-22-26(25)28/h9-10,17-22,24H,2-8,11-16,23H2,1H3/q+1/b10-9-. The number of carbonyl (C=O) groups excluding carboxylic acids is 1. The zero-order valence-electron chi connectivity index (χ0n) is 18.9. The number of benzene rings is 1. The van der Waals surface area contributed by atoms with E-state index in [4.69, 9.17) is 4.84 Å². The first-order valence-corrected chi connectivity index (χ1v) is 12.1. The van der Waals surface area contributed by atoms with Gasteiger partial charge in [0, 0.05) is 16.9 Å². The molecule has 0 aliphatic heterocycles. The summed E-state index contributed by atoms with van der Waals surface area (Å²) in [5.74, 6) is -0.158. The van der Waals surface area contributed by atoms with Gasteiger partial charge in [-0.15, -0.1) is 0 Å². The van der Waals surface area contributed by atoms with Gasteiger partial charge in [0.2, 0.25) is 6.20 Å². The summed E-state index contributed by atoms with van der Waals surface area (Å²) >= 11 is 0. The van der Waals surface area contributed by atoms with Crippen molar-refractivity contribution in [1.82, 2.24) is 0 Å². The highest BCUT2D eigenvalue weighted by Gasteiger charge is 2.14. The van der Waals surface area contributed by atoms with Crippen molar-refractivity contribution in [3.63, 3.8) is 0 Å². The Bertz CT molecular complexity index is 748. The van der Waals surface area contributed by atoms with Crippen molar-refractivity contribution in [3.05, 3.63) is 54.7 Å². The average Bonchev–Trinajstić information content (AvgIpc) is 2.76. The highest BCUT2D eigenvalue weighted by molar-refractivity contribution is 5.75. The quantitative estimate of drug-likeness (QED) is 0.167. The van der Waals surface area contributed by atoms with E-state index in [1.54, 1.807) is 10.9 Å². The average molecular weight is 411 g/mol. The lowest BCUT2D eigenvalue weighted by Crippen LogP contribution is -2.46. The number of pyridine rings is 1. The molecule has 30 heavy (non-hydrogen) atoms. The molecule has 0 spiro atoms. The van der Waals surface area contributed by atoms with Crippen molar-refractivity contribution < 1.29 is 14.4 Å². The lowest BCUT2D eigenvalue weighted by Gasteiger charge is -2.01. The molecule has 0 unspecified atom stereocenters. The van der Waals surface area contributed by atoms with Gasteiger partial charge < -0.3 is 0 Å². The van der Waals surface area contributed by atoms with Gasteiger partial charge in [0.15, 0.2) is 0 Å². The van der Waals surface area contributed by atoms with Gasteiger partial charge in [-0.3, -0.25) is 0 Å². The van der Waals surface area contributed by atoms with E-state index < -0.39 is 0 Å². The third kappa shape index (κ3) is 10.0. The van der Waals surface area contributed by atoms with Crippen LogP contribution >= 0.6 is 0 Å². The molecular formula is C27H40NO2+. The van der Waals surface area contributed by atoms with Crippen LogP contribution in [0.15, 0.2) is 54.7 Å². The number of rotatable bonds is 16. The van der Waals surface area contributed by atoms with Gasteiger partial charge in [-0.2, -0.15) is 4.84 Å². The molecule has 0 N–H and O–H groups in total. The van der Waals surface area contributed by atoms with Crippen molar-refractivity contribution in [2.24, 2.45) is 0 Å². The number of para-hydroxylation sites is 1. The number of hydrogen-bond donors (Lipinski definition) is 0. The highest BCUT2D eigenvalue weighted by atomic mass is 16.7. The maximum absolute atomic E-state index is 12.1. The normalized spacial score (nSPS) is 11.4. The van der Waals surface area contributed by atoms with Crippen LogP contribution in [0.1, 0.15) is 96.8 Å². The molecule has 0 radical (unpaired) electrons. The summed E-state index contributed by atoms with van der Waals surface area (Å²) in [5, 5.41) is 1.06. The molecule has 0 aliphatic rings. The van der Waals surface area contributed by atoms with Crippen molar-refractivity contribution in [3.8, 4) is 0 Å². The molecule has 0 fully saturated rings. The molecular weight excluding hydrogens is 370 g/mol. The van der Waals surface area contributed by atoms with E-state index in [9.17, 15) is 4.79 Å². The van der Waals surface area contributed by atoms with E-state index in [0.29, 0.717) is 6.42 Å². The second kappa shape index (κ2) is 15.6. The molecule has 0 amide bonds. The fourth-order valence-corrected chi connectivity index (χ4v) is 3.71. The Morgan fingerprint density at radius 1 is 0.800 bits per heavy atom. The second-order valence-corrected chi connectivity index (χ2v) is 8.19. The smallest absolute Gasteiger partial charge is 0.245 e. The molecule has 0 atom stereocenters. The molecule has 1 aromatic carbocycles. The zero-order chi connectivity index (χ0) is 21.3. The van der Waals surface area contributed by atoms with Crippen molar-refractivity contribution in [2.75, 3.05) is 0 Å². The zero-order valence-corrected chi connectivity index (χ0v) is 18.9. The van der Waals surface area contributed by atoms with Crippen LogP contribution in [0.25, 0.3) is 10.9 Å². The SMILES string of the molecule is CCCCCCCC/C=C\CCCCCCCC(=O)O[n+]1cccc2ccccc21. The first-order chi connectivity index (χ1) is 14.8. The van der Waals surface area contributed by atoms with Gasteiger partial charge in [-0.05, 0) is 44.2 Å². The van der Waals surface area contributed by atoms with E-state index in [1.807, 2.05) is 36.4 Å². The number of hydrogen-bond acceptors (Lipinski definition) is 2. The summed E-state index contributed by atoms with van der Waals surface area (Å²) in [6, 6.07) is 11.8. The summed E-state index contributed by atoms with van der Waals surface area (Å²) in [6.07, 6.45) is 23.3. The minimum Gasteiger partial charge on any atom is -0.245 e. The third-order valence-corrected chi connectivity index (χ3v) is 5.51. The van der Waals surface area contributed by atoms with Gasteiger partial charge >= 0.3 is 5.97 Å². The fourth-order valence-electron chi connectivity index (χ4n) is 3.71. The Balaban J connectivity index is 1.45. The fraction of sp³-hybridized carbons (Fsp3) is 0.556. The molecule has 2 rings (SSSR count). The lowest BCUT2D eigenvalue weighted by atomic mass is 10.1. The Labute approximate surface area is 183 Å². The van der Waals surface area contributed by atoms with Crippen molar-refractivity contribution in [1.29, 1.82) is 0 Å². The molecule has 0 bridgehead atoms. The topological polar surface area (TPSA) is 30.2 Å². The van der Waals surface area contributed by atoms with Crippen LogP contribution in [-0.4, -0.2) is 5.97 Å². The Hall–Kier alpha value is -2.16. The van der Waals surface area contributed by atoms with Crippen LogP contribution in [0, 0.1) is 0 Å². The van der Waals surface area contributed by atoms with Gasteiger partial charge in [0.1, 0.15) is 0 Å². The summed E-state index contributed by atoms with van der Waals surface area (Å²) in [7, 11) is 0. The van der Waals surface area contributed by atoms with Crippen LogP contribution in [0.4, 0.5) is 0 Å². The summed E-state index contributed by atoms with van der Waals surface area (Å²) in [5.41, 5.74) is 0.915. The molecule has 0 aliphatic carbocycles. The van der Waals surface area contributed by atoms with Crippen LogP contribution in [0.5, 0.6) is 0 Å². The first kappa shape index (κ1) is 24.1. The van der Waals surface area contributed by atoms with Crippen LogP contribution in [-0.2, 0) is 4.79 Å². The minimum atomic E-state index is -0.158. The molecule has 1 aromatic heterocycles. The number of nitrogens with zero attached hydrogens (tertiary/aromatic N) is 1. The molecule has 2 aromatic rings. The number of allylic oxidation sites excluding steroid dienone is 2. The predicted octanol–water partition coefficient (Wildman–Crippen LogP) is 7.12. The predicted molar refractivity (Wildman–Crippen MR) is 125 cm³/mol. The van der Waals surface area contributed by atoms with Crippen LogP contribution in [0.2, 0.25) is 0 Å². The number of aromatic nitrogens is 1. The Morgan fingerprint density at radius 3 is 2.13 bits per heavy atom. The minimum absolute atomic E-state index is 0.158. The molecule has 0 saturated heterocycles. The molecule has 164 valence electrons. The van der Waals surface area contributed by atoms with E-state index in [0.717, 1.165) is 23.7 Å². The van der Waals surface area contributed by atoms with Gasteiger partial charge in [0.05, 0.1) is 11.8 Å². The summed E-state index contributed by atoms with van der Waals surface area (Å²) < 4.78 is 1.58. The highest BCUT2D eigenvalue weighted by Crippen LogP contribution is 2.10. The first-order valence-electron chi connectivity index (χ1n) is 12.1. The summed E-state index contributed by atoms with van der Waals surface area (Å²) in [4.78, 5) is 17.7. The monoisotopic (exact) mass is 410 g/mol. The Morgan fingerprint density at radius 2 is 1.40 bits per heavy atom. The van der Waals surface area contributed by atoms with Gasteiger partial charge in [-0.1, -0.05) is 82.6 Å². The van der Waals surface area contributed by atoms with Crippen LogP contribution < -0.4 is 9.57 Å². The van der Waals surface area contributed by atoms with E-state index in [1.165, 1.54) is 70.6 Å². The van der Waals surface area contributed by atoms with E-state index in [-0.39, 0.29) is 5.97 Å². The van der Waals surface area contributed by atoms with E-state index in [2.05, 4.69) is 19.1 Å². The molecule has 0 saturated carbocycles. The largest absolute Gasteiger partial charge is 0.380 e. The maximum Gasteiger partial charge on any atom is 0.380 e. The number of unbranched alkanes of at least 4 members (excludes halogenated alkanes) is 11. The van der Waals surface area contributed by atoms with Crippen LogP contribution in [0.3, 0.4) is 0 Å². The Kier molecular flexibility index (Phi) is 12.6. The molecule has 1 heterocycles. The molecule has 3 nitrogen and oxygen atoms in total. The number of fused-ring (bicyclic) bond motifs is 1. The van der Waals surface area contributed by atoms with Crippen molar-refractivity contribution in [2.45, 2.75) is 96.8 Å². The number of carbonyl (C=O) groups is 1. The van der Waals surface area contributed by atoms with E-state index >= 15 is 0 Å². The second-order valence-electron chi connectivity index (χ2n) is 8.19. The molecule has 3 heteroatoms. The third-order valence-electron chi connectivity index (χ3n) is 5.51. The van der Waals surface area contributed by atoms with Crippen molar-refractivity contribution >= 4 is 16.9 Å². The summed E-state index contributed by atoms with van der Waals surface area (Å²) in [6.45, 7) is 2.27. The van der Waals surface area contributed by atoms with Gasteiger partial charge in [0.25, 0.3) is 5.52 Å². The van der Waals surface area contributed by atoms with Gasteiger partial charge in [-0.25, -0.2) is 4.79 Å². The maximum atomic E-state index is 12.1. The lowest BCUT2D eigenvalue weighted by molar-refractivity contribution is -0.848.